The Morgan fingerprint density at radius 1 is 1.46 bits per heavy atom. The molecule has 3 nitrogen and oxygen atoms in total. The summed E-state index contributed by atoms with van der Waals surface area (Å²) in [5.41, 5.74) is 0.745. The summed E-state index contributed by atoms with van der Waals surface area (Å²) >= 11 is 6.19. The fraction of sp³-hybridized carbons (Fsp3) is 0. The van der Waals surface area contributed by atoms with E-state index in [1.54, 1.807) is 21.1 Å². The molecular formula is C5HClN3S4+. The Kier molecular flexibility index (Phi) is 2.02. The zero-order chi connectivity index (χ0) is 8.84. The van der Waals surface area contributed by atoms with Gasteiger partial charge in [-0.1, -0.05) is 11.6 Å². The van der Waals surface area contributed by atoms with Crippen molar-refractivity contribution in [2.45, 2.75) is 4.90 Å². The van der Waals surface area contributed by atoms with Crippen LogP contribution in [0.25, 0.3) is 10.3 Å². The minimum Gasteiger partial charge on any atom is -0.304 e. The van der Waals surface area contributed by atoms with Crippen molar-refractivity contribution in [3.63, 3.8) is 0 Å². The van der Waals surface area contributed by atoms with Gasteiger partial charge in [-0.15, -0.1) is 4.37 Å². The lowest BCUT2D eigenvalue weighted by Crippen LogP contribution is -1.86. The molecule has 0 amide bonds. The Bertz CT molecular complexity index is 484. The van der Waals surface area contributed by atoms with Crippen molar-refractivity contribution >= 4 is 70.4 Å². The van der Waals surface area contributed by atoms with Gasteiger partial charge >= 0.3 is 15.0 Å². The van der Waals surface area contributed by atoms with E-state index in [-0.39, 0.29) is 0 Å². The quantitative estimate of drug-likeness (QED) is 0.446. The van der Waals surface area contributed by atoms with Crippen LogP contribution in [0.1, 0.15) is 0 Å². The maximum Gasteiger partial charge on any atom is 0.326 e. The van der Waals surface area contributed by atoms with Gasteiger partial charge in [-0.2, -0.15) is 0 Å². The van der Waals surface area contributed by atoms with Gasteiger partial charge in [-0.25, -0.2) is 4.98 Å². The highest BCUT2D eigenvalue weighted by Gasteiger charge is 2.26. The Balaban J connectivity index is 2.45. The summed E-state index contributed by atoms with van der Waals surface area (Å²) < 4.78 is 8.23. The number of nitrogens with zero attached hydrogens (tertiary/aromatic N) is 2. The summed E-state index contributed by atoms with van der Waals surface area (Å²) in [4.78, 5) is 5.37. The minimum atomic E-state index is 0.745. The number of hydrogen-bond donors (Lipinski definition) is 1. The average molecular weight is 267 g/mol. The number of rotatable bonds is 0. The summed E-state index contributed by atoms with van der Waals surface area (Å²) in [5, 5.41) is 0.779. The third-order valence-corrected chi connectivity index (χ3v) is 5.89. The molecule has 8 heteroatoms. The SMILES string of the molecule is Clc1c2c(nc3ns[s+]c13)NSS2. The first-order chi connectivity index (χ1) is 6.36. The Morgan fingerprint density at radius 2 is 2.38 bits per heavy atom. The van der Waals surface area contributed by atoms with E-state index in [1.807, 2.05) is 0 Å². The molecule has 1 aliphatic heterocycles. The van der Waals surface area contributed by atoms with Crippen LogP contribution in [0.15, 0.2) is 4.90 Å². The monoisotopic (exact) mass is 266 g/mol. The van der Waals surface area contributed by atoms with Crippen LogP contribution in [0, 0.1) is 0 Å². The molecule has 0 radical (unpaired) electrons. The highest BCUT2D eigenvalue weighted by Crippen LogP contribution is 2.49. The van der Waals surface area contributed by atoms with E-state index in [0.29, 0.717) is 0 Å². The summed E-state index contributed by atoms with van der Waals surface area (Å²) in [6.07, 6.45) is 0. The van der Waals surface area contributed by atoms with Crippen LogP contribution < -0.4 is 4.72 Å². The summed E-state index contributed by atoms with van der Waals surface area (Å²) in [5.74, 6) is 0.839. The van der Waals surface area contributed by atoms with Crippen LogP contribution in [0.4, 0.5) is 5.82 Å². The molecule has 2 aromatic heterocycles. The summed E-state index contributed by atoms with van der Waals surface area (Å²) in [6, 6.07) is 0. The van der Waals surface area contributed by atoms with E-state index in [2.05, 4.69) is 14.1 Å². The summed E-state index contributed by atoms with van der Waals surface area (Å²) in [7, 11) is 6.12. The normalized spacial score (nSPS) is 14.5. The largest absolute Gasteiger partial charge is 0.326 e. The fourth-order valence-corrected chi connectivity index (χ4v) is 5.33. The van der Waals surface area contributed by atoms with Gasteiger partial charge in [0.1, 0.15) is 5.02 Å². The molecule has 1 aliphatic rings. The minimum absolute atomic E-state index is 0.745. The number of nitrogens with one attached hydrogen (secondary N) is 1. The Labute approximate surface area is 94.0 Å². The molecule has 3 heterocycles. The van der Waals surface area contributed by atoms with E-state index in [9.17, 15) is 0 Å². The maximum atomic E-state index is 6.19. The lowest BCUT2D eigenvalue weighted by Gasteiger charge is -1.94. The van der Waals surface area contributed by atoms with Crippen molar-refractivity contribution in [1.82, 2.24) is 9.36 Å². The predicted molar refractivity (Wildman–Crippen MR) is 61.8 cm³/mol. The topological polar surface area (TPSA) is 37.8 Å². The fourth-order valence-electron chi connectivity index (χ4n) is 0.987. The van der Waals surface area contributed by atoms with E-state index in [1.165, 1.54) is 21.5 Å². The molecule has 2 aromatic rings. The van der Waals surface area contributed by atoms with Gasteiger partial charge in [0, 0.05) is 11.0 Å². The van der Waals surface area contributed by atoms with Crippen molar-refractivity contribution in [3.05, 3.63) is 5.02 Å². The third kappa shape index (κ3) is 1.22. The van der Waals surface area contributed by atoms with E-state index in [4.69, 9.17) is 11.6 Å². The third-order valence-electron chi connectivity index (χ3n) is 1.54. The molecule has 3 rings (SSSR count). The van der Waals surface area contributed by atoms with Gasteiger partial charge in [0.25, 0.3) is 10.5 Å². The first-order valence-corrected chi connectivity index (χ1v) is 7.87. The van der Waals surface area contributed by atoms with Crippen molar-refractivity contribution in [2.24, 2.45) is 0 Å². The van der Waals surface area contributed by atoms with Gasteiger partial charge in [0.05, 0.1) is 4.90 Å². The standard InChI is InChI=1S/C5HClN3S4/c6-1-2-4(8-12-10-2)7-5-3(1)11-13-9-5/h(H,7,8,9)/q+1. The van der Waals surface area contributed by atoms with Gasteiger partial charge < -0.3 is 4.72 Å². The molecule has 0 aliphatic carbocycles. The first-order valence-electron chi connectivity index (χ1n) is 3.24. The van der Waals surface area contributed by atoms with E-state index < -0.39 is 0 Å². The molecule has 0 fully saturated rings. The van der Waals surface area contributed by atoms with E-state index >= 15 is 0 Å². The lowest BCUT2D eigenvalue weighted by molar-refractivity contribution is 1.31. The van der Waals surface area contributed by atoms with Gasteiger partial charge in [-0.05, 0) is 10.8 Å². The Hall–Kier alpha value is 0.180. The second-order valence-electron chi connectivity index (χ2n) is 2.27. The summed E-state index contributed by atoms with van der Waals surface area (Å²) in [6.45, 7) is 0. The van der Waals surface area contributed by atoms with Crippen LogP contribution in [-0.2, 0) is 0 Å². The second kappa shape index (κ2) is 3.09. The molecule has 0 saturated heterocycles. The molecule has 66 valence electrons. The number of anilines is 1. The van der Waals surface area contributed by atoms with Crippen LogP contribution >= 0.6 is 54.3 Å². The predicted octanol–water partition coefficient (Wildman–Crippen LogP) is 3.77. The van der Waals surface area contributed by atoms with E-state index in [0.717, 1.165) is 26.1 Å². The molecule has 0 saturated carbocycles. The lowest BCUT2D eigenvalue weighted by atomic mass is 10.4. The number of pyridine rings is 1. The van der Waals surface area contributed by atoms with Gasteiger partial charge in [-0.3, -0.25) is 0 Å². The molecule has 0 atom stereocenters. The number of hydrogen-bond acceptors (Lipinski definition) is 6. The average Bonchev–Trinajstić information content (AvgIpc) is 2.71. The number of halogens is 1. The zero-order valence-electron chi connectivity index (χ0n) is 5.91. The van der Waals surface area contributed by atoms with Crippen LogP contribution in [-0.4, -0.2) is 9.36 Å². The molecular weight excluding hydrogens is 266 g/mol. The Morgan fingerprint density at radius 3 is 3.31 bits per heavy atom. The van der Waals surface area contributed by atoms with Crippen molar-refractivity contribution in [1.29, 1.82) is 0 Å². The van der Waals surface area contributed by atoms with Gasteiger partial charge in [0.2, 0.25) is 5.65 Å². The molecule has 0 aromatic carbocycles. The highest BCUT2D eigenvalue weighted by molar-refractivity contribution is 8.77. The molecule has 13 heavy (non-hydrogen) atoms. The molecule has 0 spiro atoms. The molecule has 1 N–H and O–H groups in total. The molecule has 0 unspecified atom stereocenters. The van der Waals surface area contributed by atoms with Crippen molar-refractivity contribution in [2.75, 3.05) is 4.72 Å². The smallest absolute Gasteiger partial charge is 0.304 e. The van der Waals surface area contributed by atoms with Crippen LogP contribution in [0.2, 0.25) is 5.02 Å². The number of fused-ring (bicyclic) bond motifs is 2. The first kappa shape index (κ1) is 8.49. The highest BCUT2D eigenvalue weighted by atomic mass is 35.5. The number of aromatic nitrogens is 2. The van der Waals surface area contributed by atoms with Crippen molar-refractivity contribution in [3.8, 4) is 0 Å². The van der Waals surface area contributed by atoms with Gasteiger partial charge in [0.15, 0.2) is 5.82 Å². The van der Waals surface area contributed by atoms with Crippen LogP contribution in [0.5, 0.6) is 0 Å². The van der Waals surface area contributed by atoms with Crippen LogP contribution in [0.3, 0.4) is 0 Å². The van der Waals surface area contributed by atoms with Crippen molar-refractivity contribution < 1.29 is 0 Å². The zero-order valence-corrected chi connectivity index (χ0v) is 9.93. The maximum absolute atomic E-state index is 6.19. The molecule has 0 bridgehead atoms. The second-order valence-corrected chi connectivity index (χ2v) is 6.45.